The van der Waals surface area contributed by atoms with E-state index in [1.54, 1.807) is 14.2 Å². The first-order valence-corrected chi connectivity index (χ1v) is 20.8. The highest BCUT2D eigenvalue weighted by atomic mass is 16.6. The van der Waals surface area contributed by atoms with Crippen LogP contribution < -0.4 is 24.8 Å². The lowest BCUT2D eigenvalue weighted by Crippen LogP contribution is -2.66. The van der Waals surface area contributed by atoms with Gasteiger partial charge in [-0.15, -0.1) is 0 Å². The van der Waals surface area contributed by atoms with Crippen LogP contribution in [0.4, 0.5) is 11.4 Å². The van der Waals surface area contributed by atoms with E-state index in [-0.39, 0.29) is 59.2 Å². The third kappa shape index (κ3) is 3.99. The molecular formula is C45H52N4O9. The first-order valence-electron chi connectivity index (χ1n) is 20.8. The average Bonchev–Trinajstić information content (AvgIpc) is 3.49. The summed E-state index contributed by atoms with van der Waals surface area (Å²) in [7, 11) is 7.72. The number of piperidine rings is 1. The van der Waals surface area contributed by atoms with E-state index in [0.29, 0.717) is 36.4 Å². The molecule has 2 aromatic rings. The van der Waals surface area contributed by atoms with E-state index in [4.69, 9.17) is 28.4 Å². The summed E-state index contributed by atoms with van der Waals surface area (Å²) in [4.78, 5) is 32.8. The Morgan fingerprint density at radius 3 is 2.43 bits per heavy atom. The lowest BCUT2D eigenvalue weighted by Gasteiger charge is -2.56. The van der Waals surface area contributed by atoms with Gasteiger partial charge in [-0.2, -0.15) is 0 Å². The molecule has 58 heavy (non-hydrogen) atoms. The van der Waals surface area contributed by atoms with E-state index < -0.39 is 22.3 Å². The van der Waals surface area contributed by atoms with Crippen LogP contribution >= 0.6 is 0 Å². The number of methoxy groups -OCH3 is 5. The molecule has 13 nitrogen and oxygen atoms in total. The maximum atomic E-state index is 13.9. The Morgan fingerprint density at radius 2 is 1.72 bits per heavy atom. The highest BCUT2D eigenvalue weighted by Crippen LogP contribution is 2.72. The number of aromatic hydroxyl groups is 1. The summed E-state index contributed by atoms with van der Waals surface area (Å²) < 4.78 is 35.8. The molecule has 1 unspecified atom stereocenters. The number of epoxide rings is 1. The summed E-state index contributed by atoms with van der Waals surface area (Å²) in [5.74, 6) is 0.730. The zero-order chi connectivity index (χ0) is 40.3. The van der Waals surface area contributed by atoms with Crippen molar-refractivity contribution >= 4 is 23.3 Å². The molecule has 9 aliphatic rings. The van der Waals surface area contributed by atoms with Crippen LogP contribution in [0.1, 0.15) is 68.7 Å². The third-order valence-corrected chi connectivity index (χ3v) is 16.3. The van der Waals surface area contributed by atoms with Crippen LogP contribution in [-0.2, 0) is 34.6 Å². The smallest absolute Gasteiger partial charge is 0.335 e. The number of carbonyl (C=O) groups excluding carboxylic acids is 2. The Hall–Kier alpha value is -4.72. The normalized spacial score (nSPS) is 37.8. The van der Waals surface area contributed by atoms with Gasteiger partial charge in [-0.25, -0.2) is 9.59 Å². The maximum absolute atomic E-state index is 13.9. The highest BCUT2D eigenvalue weighted by Gasteiger charge is 2.77. The molecule has 10 atom stereocenters. The highest BCUT2D eigenvalue weighted by molar-refractivity contribution is 5.95. The van der Waals surface area contributed by atoms with Crippen molar-refractivity contribution in [3.05, 3.63) is 70.0 Å². The van der Waals surface area contributed by atoms with Crippen LogP contribution in [-0.4, -0.2) is 112 Å². The summed E-state index contributed by atoms with van der Waals surface area (Å²) in [6.45, 7) is 6.95. The number of carbonyl (C=O) groups is 2. The number of nitrogens with one attached hydrogen (secondary N) is 2. The standard InChI is InChI=1S/C45H52N4O9/c1-8-42-11-10-14-48-15-12-44(40(42)48)25-17-22(29(53-3)19-27(25)46-35(44)23(20-42)38(51)56-6)31-34-37(58-34)43(9-2)21-24(39(52)57-7)36-45(13-16-49(31)41(43)45)26-18-28(50)32(54-4)33(55-5)30(26)47-36/h10-11,17-19,21,31,34,36-37,40-41,46-47,50H,8-9,12-16,20H2,1-7H3/t31-,34-,36?,37-,40+,41+,42+,43-,44+,45+/m1/s1. The summed E-state index contributed by atoms with van der Waals surface area (Å²) in [5, 5.41) is 19.0. The number of phenolic OH excluding ortho intramolecular Hbond substituents is 1. The molecule has 0 saturated carbocycles. The monoisotopic (exact) mass is 792 g/mol. The summed E-state index contributed by atoms with van der Waals surface area (Å²) in [6.07, 6.45) is 10.3. The number of benzene rings is 2. The number of nitrogens with zero attached hydrogens (tertiary/aromatic N) is 2. The predicted octanol–water partition coefficient (Wildman–Crippen LogP) is 5.09. The van der Waals surface area contributed by atoms with Gasteiger partial charge < -0.3 is 44.2 Å². The van der Waals surface area contributed by atoms with Crippen LogP contribution in [0.3, 0.4) is 0 Å². The Labute approximate surface area is 338 Å². The summed E-state index contributed by atoms with van der Waals surface area (Å²) in [5.41, 5.74) is 5.26. The number of phenols is 1. The van der Waals surface area contributed by atoms with Crippen molar-refractivity contribution in [1.29, 1.82) is 0 Å². The second-order valence-corrected chi connectivity index (χ2v) is 17.8. The van der Waals surface area contributed by atoms with Crippen molar-refractivity contribution in [3.8, 4) is 23.0 Å². The van der Waals surface area contributed by atoms with Crippen LogP contribution in [0.15, 0.2) is 53.3 Å². The minimum absolute atomic E-state index is 0.0152. The largest absolute Gasteiger partial charge is 0.504 e. The number of hydrogen-bond acceptors (Lipinski definition) is 13. The van der Waals surface area contributed by atoms with Crippen LogP contribution in [0, 0.1) is 10.8 Å². The molecule has 4 fully saturated rings. The van der Waals surface area contributed by atoms with Crippen molar-refractivity contribution in [1.82, 2.24) is 9.80 Å². The van der Waals surface area contributed by atoms with Crippen molar-refractivity contribution in [2.45, 2.75) is 93.2 Å². The van der Waals surface area contributed by atoms with E-state index in [9.17, 15) is 14.7 Å². The van der Waals surface area contributed by atoms with Gasteiger partial charge in [0.05, 0.1) is 76.0 Å². The molecule has 7 heterocycles. The minimum Gasteiger partial charge on any atom is -0.504 e. The number of esters is 2. The SMILES string of the molecule is CC[C@]12C=CCN3CC[C@]4(C(=C(C(=O)OC)C1)Nc1cc(OC)c([C@@H]5[C@H]6O[C@H]6[C@@]6(CC)C=C(C(=O)OC)C7Nc8c(cc(O)c(OC)c8OC)[C@@]78CCN5[C@@H]68)cc14)[C@@H]32. The molecule has 306 valence electrons. The molecule has 4 saturated heterocycles. The van der Waals surface area contributed by atoms with Gasteiger partial charge in [-0.05, 0) is 55.4 Å². The molecule has 0 radical (unpaired) electrons. The topological polar surface area (TPSA) is 144 Å². The average molecular weight is 793 g/mol. The Bertz CT molecular complexity index is 2310. The Morgan fingerprint density at radius 1 is 0.931 bits per heavy atom. The molecule has 0 bridgehead atoms. The lowest BCUT2D eigenvalue weighted by atomic mass is 9.52. The molecule has 0 aromatic heterocycles. The minimum atomic E-state index is -0.657. The number of anilines is 2. The summed E-state index contributed by atoms with van der Waals surface area (Å²) >= 11 is 0. The summed E-state index contributed by atoms with van der Waals surface area (Å²) in [6, 6.07) is 5.74. The van der Waals surface area contributed by atoms with Gasteiger partial charge in [0.2, 0.25) is 5.75 Å². The zero-order valence-corrected chi connectivity index (χ0v) is 34.2. The number of ether oxygens (including phenoxy) is 6. The molecule has 0 amide bonds. The fourth-order valence-corrected chi connectivity index (χ4v) is 14.2. The van der Waals surface area contributed by atoms with E-state index in [2.05, 4.69) is 64.6 Å². The fourth-order valence-electron chi connectivity index (χ4n) is 14.2. The third-order valence-electron chi connectivity index (χ3n) is 16.3. The second kappa shape index (κ2) is 11.9. The van der Waals surface area contributed by atoms with E-state index in [1.807, 2.05) is 6.07 Å². The number of fused-ring (bicyclic) bond motifs is 4. The molecular weight excluding hydrogens is 741 g/mol. The van der Waals surface area contributed by atoms with Crippen molar-refractivity contribution in [3.63, 3.8) is 0 Å². The van der Waals surface area contributed by atoms with Gasteiger partial charge >= 0.3 is 11.9 Å². The second-order valence-electron chi connectivity index (χ2n) is 17.8. The quantitative estimate of drug-likeness (QED) is 0.142. The molecule has 3 N–H and O–H groups in total. The first kappa shape index (κ1) is 36.4. The van der Waals surface area contributed by atoms with Crippen molar-refractivity contribution < 1.29 is 43.1 Å². The fraction of sp³-hybridized carbons (Fsp3) is 0.556. The van der Waals surface area contributed by atoms with Gasteiger partial charge in [0.15, 0.2) is 11.5 Å². The molecule has 7 aliphatic heterocycles. The number of hydrogen-bond donors (Lipinski definition) is 3. The van der Waals surface area contributed by atoms with Gasteiger partial charge in [-0.1, -0.05) is 32.1 Å². The van der Waals surface area contributed by atoms with Crippen molar-refractivity contribution in [2.75, 3.05) is 65.8 Å². The zero-order valence-electron chi connectivity index (χ0n) is 34.2. The van der Waals surface area contributed by atoms with Gasteiger partial charge in [0.1, 0.15) is 11.9 Å². The molecule has 2 spiro atoms. The maximum Gasteiger partial charge on any atom is 0.335 e. The molecule has 2 aliphatic carbocycles. The van der Waals surface area contributed by atoms with E-state index in [0.717, 1.165) is 66.2 Å². The van der Waals surface area contributed by atoms with Crippen LogP contribution in [0.25, 0.3) is 0 Å². The first-order chi connectivity index (χ1) is 28.1. The van der Waals surface area contributed by atoms with Crippen molar-refractivity contribution in [2.24, 2.45) is 10.8 Å². The van der Waals surface area contributed by atoms with Crippen LogP contribution in [0.5, 0.6) is 23.0 Å². The van der Waals surface area contributed by atoms with Crippen LogP contribution in [0.2, 0.25) is 0 Å². The Balaban J connectivity index is 1.12. The van der Waals surface area contributed by atoms with Gasteiger partial charge in [-0.3, -0.25) is 9.80 Å². The van der Waals surface area contributed by atoms with Gasteiger partial charge in [0.25, 0.3) is 0 Å². The number of rotatable bonds is 8. The van der Waals surface area contributed by atoms with E-state index in [1.165, 1.54) is 26.9 Å². The molecule has 13 heteroatoms. The van der Waals surface area contributed by atoms with E-state index >= 15 is 0 Å². The molecule has 2 aromatic carbocycles. The molecule has 11 rings (SSSR count). The lowest BCUT2D eigenvalue weighted by molar-refractivity contribution is -0.138. The predicted molar refractivity (Wildman–Crippen MR) is 213 cm³/mol. The Kier molecular flexibility index (Phi) is 7.49. The van der Waals surface area contributed by atoms with Gasteiger partial charge in [0, 0.05) is 71.0 Å².